The van der Waals surface area contributed by atoms with Gasteiger partial charge in [0.05, 0.1) is 12.6 Å². The maximum atomic E-state index is 12.1. The van der Waals surface area contributed by atoms with E-state index in [0.29, 0.717) is 28.1 Å². The summed E-state index contributed by atoms with van der Waals surface area (Å²) in [6.45, 7) is 2.26. The molecule has 3 rings (SSSR count). The predicted octanol–water partition coefficient (Wildman–Crippen LogP) is 3.24. The van der Waals surface area contributed by atoms with Gasteiger partial charge in [-0.25, -0.2) is 5.43 Å². The van der Waals surface area contributed by atoms with Gasteiger partial charge in [0.25, 0.3) is 0 Å². The number of fused-ring (bicyclic) bond motifs is 1. The molecule has 11 heteroatoms. The molecule has 9 nitrogen and oxygen atoms in total. The van der Waals surface area contributed by atoms with Gasteiger partial charge in [-0.05, 0) is 34.5 Å². The topological polar surface area (TPSA) is 115 Å². The molecule has 2 aromatic rings. The summed E-state index contributed by atoms with van der Waals surface area (Å²) in [5, 5.41) is 15.4. The highest BCUT2D eigenvalue weighted by Gasteiger charge is 2.16. The van der Waals surface area contributed by atoms with E-state index in [2.05, 4.69) is 48.9 Å². The normalized spacial score (nSPS) is 12.3. The summed E-state index contributed by atoms with van der Waals surface area (Å²) in [7, 11) is 0. The molecule has 2 N–H and O–H groups in total. The number of anilines is 1. The molecule has 1 aromatic carbocycles. The number of halogens is 1. The Morgan fingerprint density at radius 1 is 1.24 bits per heavy atom. The molecule has 0 radical (unpaired) electrons. The van der Waals surface area contributed by atoms with Crippen LogP contribution in [-0.4, -0.2) is 35.0 Å². The number of nitrogens with one attached hydrogen (secondary N) is 2. The second-order valence-corrected chi connectivity index (χ2v) is 8.12. The van der Waals surface area contributed by atoms with Crippen molar-refractivity contribution >= 4 is 50.4 Å². The van der Waals surface area contributed by atoms with Crippen molar-refractivity contribution in [2.45, 2.75) is 39.0 Å². The molecule has 1 aliphatic rings. The fourth-order valence-corrected chi connectivity index (χ4v) is 3.65. The molecule has 2 heterocycles. The quantitative estimate of drug-likeness (QED) is 0.322. The van der Waals surface area contributed by atoms with Crippen LogP contribution in [0.25, 0.3) is 0 Å². The van der Waals surface area contributed by atoms with Crippen LogP contribution in [0.4, 0.5) is 5.13 Å². The molecular weight excluding hydrogens is 462 g/mol. The number of unbranched alkanes of at least 4 members (excludes halogenated alkanes) is 2. The molecule has 0 aliphatic carbocycles. The van der Waals surface area contributed by atoms with Gasteiger partial charge in [0.15, 0.2) is 11.5 Å². The maximum absolute atomic E-state index is 12.1. The van der Waals surface area contributed by atoms with Gasteiger partial charge < -0.3 is 14.8 Å². The second-order valence-electron chi connectivity index (χ2n) is 6.20. The summed E-state index contributed by atoms with van der Waals surface area (Å²) >= 11 is 4.59. The lowest BCUT2D eigenvalue weighted by atomic mass is 10.2. The number of rotatable bonds is 9. The standard InChI is InChI=1S/C18H20BrN5O4S/c1-2-3-4-5-15(25)21-18-24-23-17(29-18)8-16(26)22-20-9-11-6-13-14(7-12(11)19)28-10-27-13/h6-7,9H,2-5,8,10H2,1H3,(H,22,26)(H,21,24,25)/b20-9-. The number of aromatic nitrogens is 2. The van der Waals surface area contributed by atoms with Crippen LogP contribution in [0.1, 0.15) is 43.2 Å². The molecule has 0 saturated heterocycles. The summed E-state index contributed by atoms with van der Waals surface area (Å²) in [5.74, 6) is 0.848. The number of nitrogens with zero attached hydrogens (tertiary/aromatic N) is 3. The first-order chi connectivity index (χ1) is 14.0. The summed E-state index contributed by atoms with van der Waals surface area (Å²) in [6, 6.07) is 3.55. The molecule has 29 heavy (non-hydrogen) atoms. The number of ether oxygens (including phenoxy) is 2. The summed E-state index contributed by atoms with van der Waals surface area (Å²) in [5.41, 5.74) is 3.18. The highest BCUT2D eigenvalue weighted by Crippen LogP contribution is 2.36. The van der Waals surface area contributed by atoms with Gasteiger partial charge in [0.1, 0.15) is 5.01 Å². The minimum atomic E-state index is -0.338. The Bertz CT molecular complexity index is 918. The molecule has 1 aliphatic heterocycles. The average Bonchev–Trinajstić information content (AvgIpc) is 3.31. The molecular formula is C18H20BrN5O4S. The first-order valence-electron chi connectivity index (χ1n) is 9.08. The number of benzene rings is 1. The SMILES string of the molecule is CCCCCC(=O)Nc1nnc(CC(=O)N/N=C\c2cc3c(cc2Br)OCO3)s1. The predicted molar refractivity (Wildman–Crippen MR) is 112 cm³/mol. The zero-order valence-corrected chi connectivity index (χ0v) is 18.1. The molecule has 0 saturated carbocycles. The lowest BCUT2D eigenvalue weighted by Gasteiger charge is -2.01. The van der Waals surface area contributed by atoms with Crippen molar-refractivity contribution in [1.82, 2.24) is 15.6 Å². The minimum absolute atomic E-state index is 0.0169. The Morgan fingerprint density at radius 2 is 2.03 bits per heavy atom. The van der Waals surface area contributed by atoms with Gasteiger partial charge in [0.2, 0.25) is 23.7 Å². The fourth-order valence-electron chi connectivity index (χ4n) is 2.48. The van der Waals surface area contributed by atoms with E-state index in [1.807, 2.05) is 0 Å². The van der Waals surface area contributed by atoms with Crippen LogP contribution >= 0.6 is 27.3 Å². The van der Waals surface area contributed by atoms with E-state index in [9.17, 15) is 9.59 Å². The van der Waals surface area contributed by atoms with Crippen molar-refractivity contribution < 1.29 is 19.1 Å². The molecule has 154 valence electrons. The molecule has 1 aromatic heterocycles. The molecule has 0 bridgehead atoms. The Hall–Kier alpha value is -2.53. The van der Waals surface area contributed by atoms with Gasteiger partial charge in [-0.1, -0.05) is 31.1 Å². The molecule has 2 amide bonds. The second kappa shape index (κ2) is 10.3. The zero-order chi connectivity index (χ0) is 20.6. The van der Waals surface area contributed by atoms with Crippen molar-refractivity contribution in [2.75, 3.05) is 12.1 Å². The molecule has 0 fully saturated rings. The van der Waals surface area contributed by atoms with Crippen molar-refractivity contribution in [3.63, 3.8) is 0 Å². The number of amides is 2. The summed E-state index contributed by atoms with van der Waals surface area (Å²) in [4.78, 5) is 23.9. The third-order valence-electron chi connectivity index (χ3n) is 3.92. The first-order valence-corrected chi connectivity index (χ1v) is 10.7. The van der Waals surface area contributed by atoms with Crippen LogP contribution in [0.15, 0.2) is 21.7 Å². The average molecular weight is 482 g/mol. The minimum Gasteiger partial charge on any atom is -0.454 e. The van der Waals surface area contributed by atoms with E-state index in [1.54, 1.807) is 12.1 Å². The van der Waals surface area contributed by atoms with Crippen molar-refractivity contribution in [3.8, 4) is 11.5 Å². The Labute approximate surface area is 180 Å². The number of carbonyl (C=O) groups is 2. The van der Waals surface area contributed by atoms with E-state index >= 15 is 0 Å². The third kappa shape index (κ3) is 6.23. The monoisotopic (exact) mass is 481 g/mol. The van der Waals surface area contributed by atoms with E-state index < -0.39 is 0 Å². The maximum Gasteiger partial charge on any atom is 0.247 e. The van der Waals surface area contributed by atoms with Crippen LogP contribution in [-0.2, 0) is 16.0 Å². The zero-order valence-electron chi connectivity index (χ0n) is 15.7. The first kappa shape index (κ1) is 21.2. The smallest absolute Gasteiger partial charge is 0.247 e. The van der Waals surface area contributed by atoms with Crippen LogP contribution in [0.3, 0.4) is 0 Å². The Kier molecular flexibility index (Phi) is 7.53. The van der Waals surface area contributed by atoms with E-state index in [-0.39, 0.29) is 25.0 Å². The summed E-state index contributed by atoms with van der Waals surface area (Å²) < 4.78 is 11.4. The van der Waals surface area contributed by atoms with Crippen LogP contribution in [0.2, 0.25) is 0 Å². The van der Waals surface area contributed by atoms with Gasteiger partial charge in [0, 0.05) is 16.5 Å². The highest BCUT2D eigenvalue weighted by atomic mass is 79.9. The molecule has 0 atom stereocenters. The van der Waals surface area contributed by atoms with E-state index in [0.717, 1.165) is 29.3 Å². The van der Waals surface area contributed by atoms with E-state index in [4.69, 9.17) is 9.47 Å². The van der Waals surface area contributed by atoms with Crippen molar-refractivity contribution in [1.29, 1.82) is 0 Å². The lowest BCUT2D eigenvalue weighted by molar-refractivity contribution is -0.120. The Morgan fingerprint density at radius 3 is 2.83 bits per heavy atom. The number of carbonyl (C=O) groups excluding carboxylic acids is 2. The van der Waals surface area contributed by atoms with Gasteiger partial charge in [-0.15, -0.1) is 10.2 Å². The third-order valence-corrected chi connectivity index (χ3v) is 5.44. The number of hydrazone groups is 1. The van der Waals surface area contributed by atoms with Gasteiger partial charge >= 0.3 is 0 Å². The van der Waals surface area contributed by atoms with Crippen LogP contribution < -0.4 is 20.2 Å². The Balaban J connectivity index is 1.47. The van der Waals surface area contributed by atoms with E-state index in [1.165, 1.54) is 17.6 Å². The van der Waals surface area contributed by atoms with Crippen LogP contribution in [0, 0.1) is 0 Å². The number of hydrogen-bond donors (Lipinski definition) is 2. The van der Waals surface area contributed by atoms with Crippen molar-refractivity contribution in [3.05, 3.63) is 27.2 Å². The van der Waals surface area contributed by atoms with Crippen LogP contribution in [0.5, 0.6) is 11.5 Å². The largest absolute Gasteiger partial charge is 0.454 e. The fraction of sp³-hybridized carbons (Fsp3) is 0.389. The van der Waals surface area contributed by atoms with Crippen molar-refractivity contribution in [2.24, 2.45) is 5.10 Å². The highest BCUT2D eigenvalue weighted by molar-refractivity contribution is 9.10. The molecule has 0 unspecified atom stereocenters. The molecule has 0 spiro atoms. The lowest BCUT2D eigenvalue weighted by Crippen LogP contribution is -2.19. The van der Waals surface area contributed by atoms with Gasteiger partial charge in [-0.2, -0.15) is 5.10 Å². The number of hydrogen-bond acceptors (Lipinski definition) is 8. The summed E-state index contributed by atoms with van der Waals surface area (Å²) in [6.07, 6.45) is 4.88. The van der Waals surface area contributed by atoms with Gasteiger partial charge in [-0.3, -0.25) is 9.59 Å².